The van der Waals surface area contributed by atoms with Crippen LogP contribution in [0.25, 0.3) is 0 Å². The Kier molecular flexibility index (Phi) is 8.49. The molecule has 2 N–H and O–H groups in total. The van der Waals surface area contributed by atoms with Crippen LogP contribution in [0.15, 0.2) is 35.3 Å². The fraction of sp³-hybridized carbons (Fsp3) is 0.588. The van der Waals surface area contributed by atoms with Crippen molar-refractivity contribution in [3.8, 4) is 0 Å². The molecule has 0 aromatic heterocycles. The van der Waals surface area contributed by atoms with E-state index in [9.17, 15) is 8.42 Å². The van der Waals surface area contributed by atoms with E-state index in [1.165, 1.54) is 24.7 Å². The Morgan fingerprint density at radius 1 is 1.21 bits per heavy atom. The number of halogens is 1. The lowest BCUT2D eigenvalue weighted by Crippen LogP contribution is -2.38. The number of sulfone groups is 1. The molecule has 1 aliphatic rings. The summed E-state index contributed by atoms with van der Waals surface area (Å²) >= 11 is 0. The van der Waals surface area contributed by atoms with Crippen LogP contribution in [0.3, 0.4) is 0 Å². The average Bonchev–Trinajstić information content (AvgIpc) is 3.30. The Hall–Kier alpha value is -0.830. The minimum atomic E-state index is -2.90. The predicted molar refractivity (Wildman–Crippen MR) is 111 cm³/mol. The van der Waals surface area contributed by atoms with Gasteiger partial charge in [-0.2, -0.15) is 0 Å². The summed E-state index contributed by atoms with van der Waals surface area (Å²) in [6.45, 7) is 4.18. The van der Waals surface area contributed by atoms with Gasteiger partial charge in [-0.25, -0.2) is 8.42 Å². The van der Waals surface area contributed by atoms with Gasteiger partial charge in [0.25, 0.3) is 0 Å². The largest absolute Gasteiger partial charge is 0.357 e. The van der Waals surface area contributed by atoms with Gasteiger partial charge in [0.2, 0.25) is 0 Å². The normalized spacial score (nSPS) is 16.2. The van der Waals surface area contributed by atoms with E-state index in [1.54, 1.807) is 0 Å². The maximum Gasteiger partial charge on any atom is 0.191 e. The van der Waals surface area contributed by atoms with Crippen molar-refractivity contribution in [2.24, 2.45) is 4.99 Å². The minimum Gasteiger partial charge on any atom is -0.357 e. The lowest BCUT2D eigenvalue weighted by molar-refractivity contribution is 0.598. The van der Waals surface area contributed by atoms with Gasteiger partial charge < -0.3 is 10.6 Å². The zero-order chi connectivity index (χ0) is 16.8. The lowest BCUT2D eigenvalue weighted by Gasteiger charge is -2.16. The Bertz CT molecular complexity index is 628. The number of rotatable bonds is 8. The van der Waals surface area contributed by atoms with Gasteiger partial charge in [0, 0.05) is 24.8 Å². The van der Waals surface area contributed by atoms with E-state index in [0.717, 1.165) is 19.0 Å². The molecule has 24 heavy (non-hydrogen) atoms. The van der Waals surface area contributed by atoms with E-state index in [1.807, 2.05) is 13.0 Å². The molecule has 1 aromatic carbocycles. The molecule has 1 fully saturated rings. The molecule has 0 aliphatic heterocycles. The molecule has 1 saturated carbocycles. The quantitative estimate of drug-likeness (QED) is 0.268. The van der Waals surface area contributed by atoms with E-state index in [-0.39, 0.29) is 35.1 Å². The molecule has 0 amide bonds. The van der Waals surface area contributed by atoms with Crippen LogP contribution in [0.4, 0.5) is 0 Å². The first-order valence-corrected chi connectivity index (χ1v) is 10.3. The fourth-order valence-corrected chi connectivity index (χ4v) is 3.26. The smallest absolute Gasteiger partial charge is 0.191 e. The Morgan fingerprint density at radius 3 is 2.42 bits per heavy atom. The highest BCUT2D eigenvalue weighted by Crippen LogP contribution is 2.48. The molecule has 0 unspecified atom stereocenters. The molecule has 0 saturated heterocycles. The van der Waals surface area contributed by atoms with Gasteiger partial charge in [0.1, 0.15) is 9.84 Å². The van der Waals surface area contributed by atoms with E-state index >= 15 is 0 Å². The first-order chi connectivity index (χ1) is 11.0. The SMILES string of the molecule is CCNC(=NCC1(c2ccccc2)CC1)NCCCS(C)(=O)=O.I. The second kappa shape index (κ2) is 9.60. The van der Waals surface area contributed by atoms with Crippen molar-refractivity contribution in [2.45, 2.75) is 31.6 Å². The summed E-state index contributed by atoms with van der Waals surface area (Å²) < 4.78 is 22.3. The number of aliphatic imine (C=N–C) groups is 1. The topological polar surface area (TPSA) is 70.6 Å². The molecule has 0 atom stereocenters. The summed E-state index contributed by atoms with van der Waals surface area (Å²) in [5.41, 5.74) is 1.55. The van der Waals surface area contributed by atoms with Crippen LogP contribution >= 0.6 is 24.0 Å². The fourth-order valence-electron chi connectivity index (χ4n) is 2.59. The first-order valence-electron chi connectivity index (χ1n) is 8.21. The number of guanidine groups is 1. The van der Waals surface area contributed by atoms with E-state index < -0.39 is 9.84 Å². The second-order valence-corrected chi connectivity index (χ2v) is 8.51. The Balaban J connectivity index is 0.00000288. The molecular formula is C17H28IN3O2S. The molecule has 136 valence electrons. The average molecular weight is 465 g/mol. The Labute approximate surface area is 162 Å². The molecule has 0 radical (unpaired) electrons. The van der Waals surface area contributed by atoms with Crippen LogP contribution < -0.4 is 10.6 Å². The monoisotopic (exact) mass is 465 g/mol. The predicted octanol–water partition coefficient (Wildman–Crippen LogP) is 2.33. The standard InChI is InChI=1S/C17H27N3O2S.HI/c1-3-18-16(19-12-7-13-23(2,21)22)20-14-17(10-11-17)15-8-5-4-6-9-15;/h4-6,8-9H,3,7,10-14H2,1-2H3,(H2,18,19,20);1H. The van der Waals surface area contributed by atoms with Crippen molar-refractivity contribution < 1.29 is 8.42 Å². The zero-order valence-electron chi connectivity index (χ0n) is 14.4. The zero-order valence-corrected chi connectivity index (χ0v) is 17.6. The summed E-state index contributed by atoms with van der Waals surface area (Å²) in [4.78, 5) is 4.70. The summed E-state index contributed by atoms with van der Waals surface area (Å²) in [5, 5.41) is 6.44. The number of nitrogens with one attached hydrogen (secondary N) is 2. The first kappa shape index (κ1) is 21.2. The van der Waals surface area contributed by atoms with Crippen molar-refractivity contribution in [1.82, 2.24) is 10.6 Å². The number of hydrogen-bond acceptors (Lipinski definition) is 3. The van der Waals surface area contributed by atoms with Gasteiger partial charge in [-0.1, -0.05) is 30.3 Å². The van der Waals surface area contributed by atoms with Crippen molar-refractivity contribution >= 4 is 39.8 Å². The van der Waals surface area contributed by atoms with Crippen LogP contribution in [-0.4, -0.2) is 46.0 Å². The van der Waals surface area contributed by atoms with Gasteiger partial charge >= 0.3 is 0 Å². The third kappa shape index (κ3) is 6.96. The second-order valence-electron chi connectivity index (χ2n) is 6.25. The van der Waals surface area contributed by atoms with Gasteiger partial charge in [0.15, 0.2) is 5.96 Å². The van der Waals surface area contributed by atoms with Gasteiger partial charge in [-0.15, -0.1) is 24.0 Å². The van der Waals surface area contributed by atoms with Crippen LogP contribution in [-0.2, 0) is 15.3 Å². The molecule has 1 aliphatic carbocycles. The van der Waals surface area contributed by atoms with Crippen LogP contribution in [0.5, 0.6) is 0 Å². The molecule has 0 bridgehead atoms. The maximum atomic E-state index is 11.2. The number of benzene rings is 1. The highest BCUT2D eigenvalue weighted by atomic mass is 127. The summed E-state index contributed by atoms with van der Waals surface area (Å²) in [5.74, 6) is 0.969. The molecule has 0 spiro atoms. The Morgan fingerprint density at radius 2 is 1.88 bits per heavy atom. The summed E-state index contributed by atoms with van der Waals surface area (Å²) in [7, 11) is -2.90. The molecular weight excluding hydrogens is 437 g/mol. The molecule has 7 heteroatoms. The van der Waals surface area contributed by atoms with Gasteiger partial charge in [0.05, 0.1) is 12.3 Å². The van der Waals surface area contributed by atoms with Gasteiger partial charge in [-0.3, -0.25) is 4.99 Å². The van der Waals surface area contributed by atoms with Crippen molar-refractivity contribution in [3.05, 3.63) is 35.9 Å². The van der Waals surface area contributed by atoms with Crippen LogP contribution in [0.1, 0.15) is 31.7 Å². The highest BCUT2D eigenvalue weighted by molar-refractivity contribution is 14.0. The number of nitrogens with zero attached hydrogens (tertiary/aromatic N) is 1. The van der Waals surface area contributed by atoms with E-state index in [0.29, 0.717) is 13.0 Å². The maximum absolute atomic E-state index is 11.2. The van der Waals surface area contributed by atoms with Crippen LogP contribution in [0.2, 0.25) is 0 Å². The molecule has 5 nitrogen and oxygen atoms in total. The van der Waals surface area contributed by atoms with E-state index in [4.69, 9.17) is 4.99 Å². The molecule has 0 heterocycles. The lowest BCUT2D eigenvalue weighted by atomic mass is 9.96. The van der Waals surface area contributed by atoms with E-state index in [2.05, 4.69) is 34.9 Å². The van der Waals surface area contributed by atoms with Crippen LogP contribution in [0, 0.1) is 0 Å². The molecule has 2 rings (SSSR count). The third-order valence-electron chi connectivity index (χ3n) is 4.11. The summed E-state index contributed by atoms with van der Waals surface area (Å²) in [6.07, 6.45) is 4.21. The van der Waals surface area contributed by atoms with Crippen molar-refractivity contribution in [1.29, 1.82) is 0 Å². The van der Waals surface area contributed by atoms with Crippen molar-refractivity contribution in [2.75, 3.05) is 31.6 Å². The summed E-state index contributed by atoms with van der Waals surface area (Å²) in [6, 6.07) is 10.5. The molecule has 1 aromatic rings. The van der Waals surface area contributed by atoms with Crippen molar-refractivity contribution in [3.63, 3.8) is 0 Å². The minimum absolute atomic E-state index is 0. The highest BCUT2D eigenvalue weighted by Gasteiger charge is 2.43. The van der Waals surface area contributed by atoms with Gasteiger partial charge in [-0.05, 0) is 31.7 Å². The number of hydrogen-bond donors (Lipinski definition) is 2. The third-order valence-corrected chi connectivity index (χ3v) is 5.14.